The van der Waals surface area contributed by atoms with Gasteiger partial charge in [-0.3, -0.25) is 4.79 Å². The zero-order chi connectivity index (χ0) is 7.28. The van der Waals surface area contributed by atoms with E-state index in [2.05, 4.69) is 0 Å². The molecule has 1 amide bonds. The van der Waals surface area contributed by atoms with Crippen molar-refractivity contribution in [2.45, 2.75) is 32.4 Å². The highest BCUT2D eigenvalue weighted by molar-refractivity contribution is 5.74. The number of primary amides is 1. The summed E-state index contributed by atoms with van der Waals surface area (Å²) in [5.41, 5.74) is 4.74. The number of nitrogens with two attached hydrogens (primary N) is 1. The first-order valence-corrected chi connectivity index (χ1v) is 3.09. The number of alkyl halides is 1. The van der Waals surface area contributed by atoms with E-state index in [9.17, 15) is 9.18 Å². The molecule has 0 aromatic carbocycles. The molecule has 2 nitrogen and oxygen atoms in total. The summed E-state index contributed by atoms with van der Waals surface area (Å²) in [7, 11) is 0. The van der Waals surface area contributed by atoms with Crippen molar-refractivity contribution in [1.29, 1.82) is 0 Å². The van der Waals surface area contributed by atoms with Crippen molar-refractivity contribution >= 4 is 5.91 Å². The molecule has 1 atom stereocenters. The fourth-order valence-electron chi connectivity index (χ4n) is 0.634. The van der Waals surface area contributed by atoms with E-state index >= 15 is 0 Å². The van der Waals surface area contributed by atoms with Crippen molar-refractivity contribution in [3.63, 3.8) is 0 Å². The predicted molar refractivity (Wildman–Crippen MR) is 33.6 cm³/mol. The fraction of sp³-hybridized carbons (Fsp3) is 0.833. The van der Waals surface area contributed by atoms with Gasteiger partial charge in [-0.15, -0.1) is 0 Å². The van der Waals surface area contributed by atoms with Crippen LogP contribution in [0.25, 0.3) is 0 Å². The van der Waals surface area contributed by atoms with Gasteiger partial charge in [-0.05, 0) is 6.42 Å². The quantitative estimate of drug-likeness (QED) is 0.610. The van der Waals surface area contributed by atoms with Crippen LogP contribution in [0.2, 0.25) is 0 Å². The molecule has 2 N–H and O–H groups in total. The summed E-state index contributed by atoms with van der Waals surface area (Å²) in [6, 6.07) is 0. The van der Waals surface area contributed by atoms with Gasteiger partial charge >= 0.3 is 0 Å². The summed E-state index contributed by atoms with van der Waals surface area (Å²) in [5, 5.41) is 0. The van der Waals surface area contributed by atoms with Crippen LogP contribution in [0.4, 0.5) is 4.39 Å². The van der Waals surface area contributed by atoms with Crippen LogP contribution < -0.4 is 5.73 Å². The van der Waals surface area contributed by atoms with Crippen LogP contribution in [0.5, 0.6) is 0 Å². The second-order valence-corrected chi connectivity index (χ2v) is 2.06. The molecule has 0 saturated carbocycles. The van der Waals surface area contributed by atoms with Gasteiger partial charge in [0.05, 0.1) is 6.42 Å². The smallest absolute Gasteiger partial charge is 0.220 e. The number of hydrogen-bond acceptors (Lipinski definition) is 1. The molecule has 3 heteroatoms. The lowest BCUT2D eigenvalue weighted by molar-refractivity contribution is -0.119. The summed E-state index contributed by atoms with van der Waals surface area (Å²) >= 11 is 0. The van der Waals surface area contributed by atoms with Crippen LogP contribution in [0, 0.1) is 0 Å². The molecular weight excluding hydrogens is 121 g/mol. The van der Waals surface area contributed by atoms with Crippen molar-refractivity contribution in [3.8, 4) is 0 Å². The minimum atomic E-state index is -1.03. The lowest BCUT2D eigenvalue weighted by atomic mass is 10.2. The first-order valence-electron chi connectivity index (χ1n) is 3.09. The van der Waals surface area contributed by atoms with Gasteiger partial charge in [0.25, 0.3) is 0 Å². The predicted octanol–water partition coefficient (Wildman–Crippen LogP) is 1.00. The van der Waals surface area contributed by atoms with Crippen molar-refractivity contribution in [3.05, 3.63) is 0 Å². The van der Waals surface area contributed by atoms with Crippen LogP contribution in [-0.4, -0.2) is 12.1 Å². The summed E-state index contributed by atoms with van der Waals surface area (Å²) in [5.74, 6) is -0.559. The monoisotopic (exact) mass is 133 g/mol. The zero-order valence-corrected chi connectivity index (χ0v) is 5.56. The maximum Gasteiger partial charge on any atom is 0.220 e. The number of halogens is 1. The molecule has 0 spiro atoms. The summed E-state index contributed by atoms with van der Waals surface area (Å²) in [4.78, 5) is 10.1. The Morgan fingerprint density at radius 1 is 1.78 bits per heavy atom. The topological polar surface area (TPSA) is 43.1 Å². The van der Waals surface area contributed by atoms with Gasteiger partial charge in [-0.1, -0.05) is 13.3 Å². The number of hydrogen-bond donors (Lipinski definition) is 1. The zero-order valence-electron chi connectivity index (χ0n) is 5.56. The van der Waals surface area contributed by atoms with Crippen LogP contribution in [-0.2, 0) is 4.79 Å². The van der Waals surface area contributed by atoms with Gasteiger partial charge in [0.1, 0.15) is 6.17 Å². The Morgan fingerprint density at radius 3 is 2.67 bits per heavy atom. The van der Waals surface area contributed by atoms with E-state index in [-0.39, 0.29) is 6.42 Å². The third-order valence-corrected chi connectivity index (χ3v) is 1.02. The van der Waals surface area contributed by atoms with Crippen molar-refractivity contribution < 1.29 is 9.18 Å². The molecule has 1 unspecified atom stereocenters. The molecule has 9 heavy (non-hydrogen) atoms. The molecule has 54 valence electrons. The Balaban J connectivity index is 3.26. The Labute approximate surface area is 54.2 Å². The lowest BCUT2D eigenvalue weighted by Crippen LogP contribution is -2.16. The van der Waals surface area contributed by atoms with Crippen LogP contribution in [0.1, 0.15) is 26.2 Å². The molecule has 0 fully saturated rings. The number of carbonyl (C=O) groups excluding carboxylic acids is 1. The van der Waals surface area contributed by atoms with Crippen LogP contribution in [0.15, 0.2) is 0 Å². The van der Waals surface area contributed by atoms with E-state index < -0.39 is 12.1 Å². The molecule has 0 bridgehead atoms. The average molecular weight is 133 g/mol. The van der Waals surface area contributed by atoms with E-state index in [0.717, 1.165) is 6.42 Å². The molecule has 0 aromatic heterocycles. The van der Waals surface area contributed by atoms with Gasteiger partial charge in [0, 0.05) is 0 Å². The fourth-order valence-corrected chi connectivity index (χ4v) is 0.634. The Hall–Kier alpha value is -0.600. The van der Waals surface area contributed by atoms with E-state index in [4.69, 9.17) is 5.73 Å². The van der Waals surface area contributed by atoms with E-state index in [1.165, 1.54) is 0 Å². The van der Waals surface area contributed by atoms with Gasteiger partial charge in [0.15, 0.2) is 0 Å². The average Bonchev–Trinajstić information content (AvgIpc) is 1.63. The molecule has 0 aliphatic carbocycles. The minimum Gasteiger partial charge on any atom is -0.370 e. The standard InChI is InChI=1S/C6H12FNO/c1-2-3-5(7)4-6(8)9/h5H,2-4H2,1H3,(H2,8,9). The summed E-state index contributed by atoms with van der Waals surface area (Å²) in [6.07, 6.45) is 0.0260. The molecule has 0 aliphatic rings. The van der Waals surface area contributed by atoms with Crippen molar-refractivity contribution in [2.75, 3.05) is 0 Å². The maximum atomic E-state index is 12.4. The molecule has 0 radical (unpaired) electrons. The molecule has 0 aromatic rings. The lowest BCUT2D eigenvalue weighted by Gasteiger charge is -2.00. The highest BCUT2D eigenvalue weighted by Crippen LogP contribution is 2.04. The molecule has 0 saturated heterocycles. The van der Waals surface area contributed by atoms with E-state index in [1.807, 2.05) is 6.92 Å². The third-order valence-electron chi connectivity index (χ3n) is 1.02. The Kier molecular flexibility index (Phi) is 4.01. The molecule has 0 heterocycles. The molecule has 0 aliphatic heterocycles. The third kappa shape index (κ3) is 5.27. The first kappa shape index (κ1) is 8.40. The van der Waals surface area contributed by atoms with Gasteiger partial charge in [-0.25, -0.2) is 4.39 Å². The SMILES string of the molecule is CCCC(F)CC(N)=O. The largest absolute Gasteiger partial charge is 0.370 e. The minimum absolute atomic E-state index is 0.131. The van der Waals surface area contributed by atoms with Crippen molar-refractivity contribution in [2.24, 2.45) is 5.73 Å². The van der Waals surface area contributed by atoms with E-state index in [0.29, 0.717) is 6.42 Å². The van der Waals surface area contributed by atoms with Crippen LogP contribution >= 0.6 is 0 Å². The second kappa shape index (κ2) is 4.30. The normalized spacial score (nSPS) is 13.1. The maximum absolute atomic E-state index is 12.4. The van der Waals surface area contributed by atoms with Gasteiger partial charge in [-0.2, -0.15) is 0 Å². The molecule has 0 rings (SSSR count). The number of amides is 1. The Bertz CT molecular complexity index is 95.1. The van der Waals surface area contributed by atoms with Crippen molar-refractivity contribution in [1.82, 2.24) is 0 Å². The Morgan fingerprint density at radius 2 is 2.33 bits per heavy atom. The van der Waals surface area contributed by atoms with E-state index in [1.54, 1.807) is 0 Å². The molecular formula is C6H12FNO. The highest BCUT2D eigenvalue weighted by Gasteiger charge is 2.07. The number of rotatable bonds is 4. The summed E-state index contributed by atoms with van der Waals surface area (Å²) in [6.45, 7) is 1.87. The number of carbonyl (C=O) groups is 1. The first-order chi connectivity index (χ1) is 4.16. The van der Waals surface area contributed by atoms with Gasteiger partial charge in [0.2, 0.25) is 5.91 Å². The summed E-state index contributed by atoms with van der Waals surface area (Å²) < 4.78 is 12.4. The highest BCUT2D eigenvalue weighted by atomic mass is 19.1. The van der Waals surface area contributed by atoms with Crippen LogP contribution in [0.3, 0.4) is 0 Å². The van der Waals surface area contributed by atoms with Gasteiger partial charge < -0.3 is 5.73 Å². The second-order valence-electron chi connectivity index (χ2n) is 2.06.